The zero-order valence-corrected chi connectivity index (χ0v) is 12.4. The highest BCUT2D eigenvalue weighted by Gasteiger charge is 2.35. The van der Waals surface area contributed by atoms with Crippen molar-refractivity contribution in [2.45, 2.75) is 39.0 Å². The second kappa shape index (κ2) is 4.29. The number of nitrogens with zero attached hydrogens (tertiary/aromatic N) is 1. The Morgan fingerprint density at radius 3 is 1.93 bits per heavy atom. The van der Waals surface area contributed by atoms with E-state index in [2.05, 4.69) is 51.5 Å². The molecule has 0 spiro atoms. The van der Waals surface area contributed by atoms with E-state index in [1.54, 1.807) is 0 Å². The van der Waals surface area contributed by atoms with Crippen molar-refractivity contribution in [2.75, 3.05) is 32.4 Å². The van der Waals surface area contributed by atoms with E-state index >= 15 is 0 Å². The van der Waals surface area contributed by atoms with Crippen LogP contribution in [0.25, 0.3) is 0 Å². The number of piperidine rings is 1. The molecule has 0 aromatic heterocycles. The normalized spacial score (nSPS) is 31.7. The minimum absolute atomic E-state index is 0.418. The lowest BCUT2D eigenvalue weighted by Gasteiger charge is -2.49. The Morgan fingerprint density at radius 2 is 1.60 bits per heavy atom. The molecule has 0 radical (unpaired) electrons. The number of hydrogen-bond acceptors (Lipinski definition) is 1. The third-order valence-electron chi connectivity index (χ3n) is 3.80. The maximum atomic E-state index is 2.62. The van der Waals surface area contributed by atoms with Crippen LogP contribution in [-0.4, -0.2) is 42.6 Å². The molecule has 0 bridgehead atoms. The molecule has 2 heteroatoms. The largest absolute Gasteiger partial charge is 0.296 e. The van der Waals surface area contributed by atoms with E-state index in [4.69, 9.17) is 0 Å². The van der Waals surface area contributed by atoms with E-state index in [0.717, 1.165) is 11.3 Å². The van der Waals surface area contributed by atoms with E-state index in [-0.39, 0.29) is 0 Å². The summed E-state index contributed by atoms with van der Waals surface area (Å²) in [5.74, 6) is 0.875. The second-order valence-electron chi connectivity index (χ2n) is 6.97. The van der Waals surface area contributed by atoms with Crippen LogP contribution in [0.1, 0.15) is 33.6 Å². The Labute approximate surface area is 97.9 Å². The van der Waals surface area contributed by atoms with Gasteiger partial charge in [0.1, 0.15) is 0 Å². The van der Waals surface area contributed by atoms with Gasteiger partial charge in [-0.3, -0.25) is 4.90 Å². The van der Waals surface area contributed by atoms with Crippen molar-refractivity contribution in [2.24, 2.45) is 11.3 Å². The van der Waals surface area contributed by atoms with Gasteiger partial charge in [-0.2, -0.15) is 0 Å². The van der Waals surface area contributed by atoms with Crippen LogP contribution < -0.4 is 0 Å². The molecule has 0 aromatic carbocycles. The molecule has 0 amide bonds. The van der Waals surface area contributed by atoms with Crippen molar-refractivity contribution in [1.82, 2.24) is 4.90 Å². The van der Waals surface area contributed by atoms with Crippen molar-refractivity contribution >= 4 is 10.0 Å². The number of likely N-dealkylation sites (tertiary alicyclic amines) is 1. The highest BCUT2D eigenvalue weighted by molar-refractivity contribution is 8.32. The minimum atomic E-state index is -0.418. The lowest BCUT2D eigenvalue weighted by molar-refractivity contribution is 0.105. The van der Waals surface area contributed by atoms with Gasteiger partial charge >= 0.3 is 0 Å². The maximum Gasteiger partial charge on any atom is 0.0394 e. The molecule has 1 aliphatic rings. The van der Waals surface area contributed by atoms with Crippen LogP contribution in [-0.2, 0) is 0 Å². The Hall–Kier alpha value is 0.310. The van der Waals surface area contributed by atoms with Crippen LogP contribution in [0.3, 0.4) is 0 Å². The third kappa shape index (κ3) is 3.39. The zero-order chi connectivity index (χ0) is 11.9. The molecule has 1 heterocycles. The Bertz CT molecular complexity index is 212. The second-order valence-corrected chi connectivity index (χ2v) is 11.4. The molecule has 0 aromatic rings. The number of hydrogen-bond donors (Lipinski definition) is 0. The van der Waals surface area contributed by atoms with Crippen LogP contribution in [0.15, 0.2) is 0 Å². The summed E-state index contributed by atoms with van der Waals surface area (Å²) in [4.78, 5) is 2.62. The van der Waals surface area contributed by atoms with E-state index in [9.17, 15) is 0 Å². The molecular weight excluding hydrogens is 202 g/mol. The average Bonchev–Trinajstić information content (AvgIpc) is 1.99. The SMILES string of the molecule is CN1CC(C(C)(C)C)CCC1S(C)(C)C. The lowest BCUT2D eigenvalue weighted by atomic mass is 9.76. The molecule has 1 fully saturated rings. The molecule has 1 rings (SSSR count). The molecule has 1 nitrogen and oxygen atoms in total. The summed E-state index contributed by atoms with van der Waals surface area (Å²) in [6, 6.07) is 0. The first-order valence-corrected chi connectivity index (χ1v) is 8.92. The highest BCUT2D eigenvalue weighted by atomic mass is 32.3. The first-order chi connectivity index (χ1) is 6.62. The van der Waals surface area contributed by atoms with Gasteiger partial charge in [0.05, 0.1) is 0 Å². The van der Waals surface area contributed by atoms with Gasteiger partial charge in [-0.15, -0.1) is 0 Å². The van der Waals surface area contributed by atoms with Crippen LogP contribution in [0.2, 0.25) is 0 Å². The van der Waals surface area contributed by atoms with Gasteiger partial charge in [0.15, 0.2) is 0 Å². The van der Waals surface area contributed by atoms with Gasteiger partial charge < -0.3 is 0 Å². The molecule has 2 unspecified atom stereocenters. The first-order valence-electron chi connectivity index (χ1n) is 6.00. The van der Waals surface area contributed by atoms with Gasteiger partial charge in [0, 0.05) is 11.9 Å². The quantitative estimate of drug-likeness (QED) is 0.668. The van der Waals surface area contributed by atoms with E-state index in [0.29, 0.717) is 5.41 Å². The monoisotopic (exact) mass is 231 g/mol. The fourth-order valence-electron chi connectivity index (χ4n) is 2.72. The first kappa shape index (κ1) is 13.4. The van der Waals surface area contributed by atoms with Gasteiger partial charge in [0.25, 0.3) is 0 Å². The molecule has 0 N–H and O–H groups in total. The summed E-state index contributed by atoms with van der Waals surface area (Å²) >= 11 is 0. The average molecular weight is 231 g/mol. The smallest absolute Gasteiger partial charge is 0.0394 e. The van der Waals surface area contributed by atoms with Crippen LogP contribution in [0, 0.1) is 11.3 Å². The van der Waals surface area contributed by atoms with Crippen molar-refractivity contribution in [3.63, 3.8) is 0 Å². The molecule has 1 aliphatic heterocycles. The maximum absolute atomic E-state index is 2.62. The fraction of sp³-hybridized carbons (Fsp3) is 1.00. The Morgan fingerprint density at radius 1 is 1.07 bits per heavy atom. The van der Waals surface area contributed by atoms with Crippen LogP contribution in [0.4, 0.5) is 0 Å². The molecule has 0 saturated carbocycles. The molecule has 0 aliphatic carbocycles. The molecule has 15 heavy (non-hydrogen) atoms. The summed E-state index contributed by atoms with van der Waals surface area (Å²) in [7, 11) is 1.90. The van der Waals surface area contributed by atoms with Crippen molar-refractivity contribution in [3.8, 4) is 0 Å². The van der Waals surface area contributed by atoms with Crippen molar-refractivity contribution < 1.29 is 0 Å². The van der Waals surface area contributed by atoms with Gasteiger partial charge in [-0.1, -0.05) is 20.8 Å². The third-order valence-corrected chi connectivity index (χ3v) is 6.03. The van der Waals surface area contributed by atoms with Crippen LogP contribution in [0.5, 0.6) is 0 Å². The molecule has 92 valence electrons. The predicted molar refractivity (Wildman–Crippen MR) is 74.0 cm³/mol. The Kier molecular flexibility index (Phi) is 3.83. The Balaban J connectivity index is 2.64. The topological polar surface area (TPSA) is 3.24 Å². The van der Waals surface area contributed by atoms with Crippen molar-refractivity contribution in [1.29, 1.82) is 0 Å². The zero-order valence-electron chi connectivity index (χ0n) is 11.6. The van der Waals surface area contributed by atoms with E-state index in [1.165, 1.54) is 19.4 Å². The summed E-state index contributed by atoms with van der Waals surface area (Å²) < 4.78 is 0. The number of rotatable bonds is 1. The predicted octanol–water partition coefficient (Wildman–Crippen LogP) is 3.39. The van der Waals surface area contributed by atoms with Crippen LogP contribution >= 0.6 is 10.0 Å². The van der Waals surface area contributed by atoms with Gasteiger partial charge in [0.2, 0.25) is 0 Å². The van der Waals surface area contributed by atoms with Crippen molar-refractivity contribution in [3.05, 3.63) is 0 Å². The molecular formula is C13H29NS. The summed E-state index contributed by atoms with van der Waals surface area (Å²) in [6.45, 7) is 8.44. The molecule has 1 saturated heterocycles. The highest BCUT2D eigenvalue weighted by Crippen LogP contribution is 2.48. The van der Waals surface area contributed by atoms with Gasteiger partial charge in [-0.05, 0) is 50.0 Å². The lowest BCUT2D eigenvalue weighted by Crippen LogP contribution is -2.46. The summed E-state index contributed by atoms with van der Waals surface area (Å²) in [5, 5.41) is 0.844. The summed E-state index contributed by atoms with van der Waals surface area (Å²) in [6.07, 6.45) is 10.2. The fourth-order valence-corrected chi connectivity index (χ4v) is 4.73. The standard InChI is InChI=1S/C13H29NS/c1-13(2,3)11-8-9-12(14(4)10-11)15(5,6)7/h11-12H,8-10H2,1-7H3. The van der Waals surface area contributed by atoms with E-state index in [1.807, 2.05) is 0 Å². The minimum Gasteiger partial charge on any atom is -0.296 e. The van der Waals surface area contributed by atoms with E-state index < -0.39 is 10.0 Å². The van der Waals surface area contributed by atoms with Gasteiger partial charge in [-0.25, -0.2) is 10.0 Å². The molecule has 2 atom stereocenters. The summed E-state index contributed by atoms with van der Waals surface area (Å²) in [5.41, 5.74) is 0.479.